The molecule has 1 aromatic carbocycles. The Morgan fingerprint density at radius 1 is 1.35 bits per heavy atom. The molecule has 2 aromatic rings. The Morgan fingerprint density at radius 2 is 2.06 bits per heavy atom. The number of nitrogens with zero attached hydrogens (tertiary/aromatic N) is 3. The molecule has 6 heteroatoms. The standard InChI is InChI=1S/C11H10BrFN4/c1-17(9-5-3-2-4-8(9)13)10-7(12)6-15-11(14)16-10/h2-6H,1H3,(H2,14,15,16). The van der Waals surface area contributed by atoms with Gasteiger partial charge in [-0.15, -0.1) is 0 Å². The zero-order valence-corrected chi connectivity index (χ0v) is 10.6. The largest absolute Gasteiger partial charge is 0.368 e. The van der Waals surface area contributed by atoms with Crippen LogP contribution in [0, 0.1) is 5.82 Å². The monoisotopic (exact) mass is 296 g/mol. The highest BCUT2D eigenvalue weighted by Crippen LogP contribution is 2.30. The third-order valence-electron chi connectivity index (χ3n) is 2.28. The minimum Gasteiger partial charge on any atom is -0.368 e. The Bertz CT molecular complexity index is 547. The lowest BCUT2D eigenvalue weighted by Gasteiger charge is -2.19. The van der Waals surface area contributed by atoms with Gasteiger partial charge in [-0.3, -0.25) is 0 Å². The Balaban J connectivity index is 2.47. The van der Waals surface area contributed by atoms with Gasteiger partial charge in [0.25, 0.3) is 0 Å². The number of halogens is 2. The van der Waals surface area contributed by atoms with Gasteiger partial charge >= 0.3 is 0 Å². The summed E-state index contributed by atoms with van der Waals surface area (Å²) >= 11 is 3.31. The number of hydrogen-bond donors (Lipinski definition) is 1. The average Bonchev–Trinajstić information content (AvgIpc) is 2.32. The fourth-order valence-electron chi connectivity index (χ4n) is 1.44. The van der Waals surface area contributed by atoms with E-state index in [0.717, 1.165) is 0 Å². The van der Waals surface area contributed by atoms with E-state index in [1.165, 1.54) is 12.3 Å². The van der Waals surface area contributed by atoms with E-state index in [1.807, 2.05) is 0 Å². The number of rotatable bonds is 2. The third kappa shape index (κ3) is 2.36. The highest BCUT2D eigenvalue weighted by molar-refractivity contribution is 9.10. The van der Waals surface area contributed by atoms with Crippen LogP contribution in [0.1, 0.15) is 0 Å². The molecule has 0 saturated carbocycles. The summed E-state index contributed by atoms with van der Waals surface area (Å²) in [6, 6.07) is 6.45. The number of nitrogen functional groups attached to an aromatic ring is 1. The smallest absolute Gasteiger partial charge is 0.222 e. The van der Waals surface area contributed by atoms with E-state index in [9.17, 15) is 4.39 Å². The van der Waals surface area contributed by atoms with Crippen molar-refractivity contribution in [1.82, 2.24) is 9.97 Å². The van der Waals surface area contributed by atoms with Crippen molar-refractivity contribution >= 4 is 33.4 Å². The molecule has 0 radical (unpaired) electrons. The first-order valence-electron chi connectivity index (χ1n) is 4.86. The minimum atomic E-state index is -0.320. The zero-order chi connectivity index (χ0) is 12.4. The fourth-order valence-corrected chi connectivity index (χ4v) is 1.90. The molecule has 2 rings (SSSR count). The zero-order valence-electron chi connectivity index (χ0n) is 9.06. The van der Waals surface area contributed by atoms with Crippen molar-refractivity contribution in [1.29, 1.82) is 0 Å². The molecule has 0 atom stereocenters. The van der Waals surface area contributed by atoms with Gasteiger partial charge in [-0.1, -0.05) is 12.1 Å². The van der Waals surface area contributed by atoms with E-state index < -0.39 is 0 Å². The summed E-state index contributed by atoms with van der Waals surface area (Å²) < 4.78 is 14.3. The van der Waals surface area contributed by atoms with Crippen molar-refractivity contribution in [3.8, 4) is 0 Å². The highest BCUT2D eigenvalue weighted by Gasteiger charge is 2.13. The van der Waals surface area contributed by atoms with Gasteiger partial charge < -0.3 is 10.6 Å². The van der Waals surface area contributed by atoms with Gasteiger partial charge in [0.1, 0.15) is 5.82 Å². The second-order valence-electron chi connectivity index (χ2n) is 3.41. The second-order valence-corrected chi connectivity index (χ2v) is 4.26. The molecule has 0 aliphatic carbocycles. The lowest BCUT2D eigenvalue weighted by Crippen LogP contribution is -2.14. The predicted octanol–water partition coefficient (Wildman–Crippen LogP) is 2.73. The first-order valence-corrected chi connectivity index (χ1v) is 5.65. The molecule has 0 saturated heterocycles. The summed E-state index contributed by atoms with van der Waals surface area (Å²) in [5.41, 5.74) is 5.94. The molecule has 0 spiro atoms. The van der Waals surface area contributed by atoms with Gasteiger partial charge in [-0.2, -0.15) is 4.98 Å². The molecular weight excluding hydrogens is 287 g/mol. The Morgan fingerprint density at radius 3 is 2.76 bits per heavy atom. The summed E-state index contributed by atoms with van der Waals surface area (Å²) in [6.45, 7) is 0. The molecule has 0 amide bonds. The molecule has 4 nitrogen and oxygen atoms in total. The maximum atomic E-state index is 13.6. The van der Waals surface area contributed by atoms with Crippen LogP contribution in [-0.2, 0) is 0 Å². The average molecular weight is 297 g/mol. The Kier molecular flexibility index (Phi) is 3.23. The molecule has 1 aromatic heterocycles. The molecule has 2 N–H and O–H groups in total. The van der Waals surface area contributed by atoms with E-state index >= 15 is 0 Å². The Labute approximate surface area is 106 Å². The van der Waals surface area contributed by atoms with Crippen molar-refractivity contribution in [2.24, 2.45) is 0 Å². The molecule has 88 valence electrons. The lowest BCUT2D eigenvalue weighted by molar-refractivity contribution is 0.627. The quantitative estimate of drug-likeness (QED) is 0.926. The van der Waals surface area contributed by atoms with Crippen molar-refractivity contribution in [3.63, 3.8) is 0 Å². The molecule has 0 aliphatic rings. The van der Waals surface area contributed by atoms with Crippen LogP contribution >= 0.6 is 15.9 Å². The number of nitrogens with two attached hydrogens (primary N) is 1. The fraction of sp³-hybridized carbons (Fsp3) is 0.0909. The van der Waals surface area contributed by atoms with Crippen LogP contribution in [0.25, 0.3) is 0 Å². The maximum Gasteiger partial charge on any atom is 0.222 e. The topological polar surface area (TPSA) is 55.0 Å². The summed E-state index contributed by atoms with van der Waals surface area (Å²) in [6.07, 6.45) is 1.54. The number of anilines is 3. The van der Waals surface area contributed by atoms with E-state index in [2.05, 4.69) is 25.9 Å². The molecule has 0 fully saturated rings. The van der Waals surface area contributed by atoms with E-state index in [0.29, 0.717) is 16.0 Å². The maximum absolute atomic E-state index is 13.6. The van der Waals surface area contributed by atoms with Crippen LogP contribution in [0.3, 0.4) is 0 Å². The van der Waals surface area contributed by atoms with Crippen LogP contribution in [-0.4, -0.2) is 17.0 Å². The number of benzene rings is 1. The summed E-state index contributed by atoms with van der Waals surface area (Å²) in [5, 5.41) is 0. The van der Waals surface area contributed by atoms with E-state index in [4.69, 9.17) is 5.73 Å². The van der Waals surface area contributed by atoms with Crippen molar-refractivity contribution in [2.75, 3.05) is 17.7 Å². The summed E-state index contributed by atoms with van der Waals surface area (Å²) in [5.74, 6) is 0.341. The van der Waals surface area contributed by atoms with Crippen LogP contribution in [0.5, 0.6) is 0 Å². The number of para-hydroxylation sites is 1. The van der Waals surface area contributed by atoms with Crippen LogP contribution < -0.4 is 10.6 Å². The first-order chi connectivity index (χ1) is 8.09. The normalized spacial score (nSPS) is 10.3. The van der Waals surface area contributed by atoms with Crippen molar-refractivity contribution in [2.45, 2.75) is 0 Å². The molecule has 0 unspecified atom stereocenters. The van der Waals surface area contributed by atoms with Gasteiger partial charge in [-0.25, -0.2) is 9.37 Å². The minimum absolute atomic E-state index is 0.145. The van der Waals surface area contributed by atoms with E-state index in [-0.39, 0.29) is 11.8 Å². The predicted molar refractivity (Wildman–Crippen MR) is 68.6 cm³/mol. The molecular formula is C11H10BrFN4. The van der Waals surface area contributed by atoms with Gasteiger partial charge in [0.05, 0.1) is 10.2 Å². The highest BCUT2D eigenvalue weighted by atomic mass is 79.9. The van der Waals surface area contributed by atoms with Crippen molar-refractivity contribution in [3.05, 3.63) is 40.8 Å². The van der Waals surface area contributed by atoms with E-state index in [1.54, 1.807) is 30.1 Å². The van der Waals surface area contributed by atoms with Crippen LogP contribution in [0.4, 0.5) is 21.8 Å². The second kappa shape index (κ2) is 4.67. The summed E-state index contributed by atoms with van der Waals surface area (Å²) in [4.78, 5) is 9.52. The van der Waals surface area contributed by atoms with Gasteiger partial charge in [-0.05, 0) is 28.1 Å². The molecule has 0 bridgehead atoms. The molecule has 17 heavy (non-hydrogen) atoms. The summed E-state index contributed by atoms with van der Waals surface area (Å²) in [7, 11) is 1.71. The van der Waals surface area contributed by atoms with Crippen LogP contribution in [0.15, 0.2) is 34.9 Å². The van der Waals surface area contributed by atoms with Gasteiger partial charge in [0, 0.05) is 13.2 Å². The lowest BCUT2D eigenvalue weighted by atomic mass is 10.3. The molecule has 0 aliphatic heterocycles. The van der Waals surface area contributed by atoms with Gasteiger partial charge in [0.15, 0.2) is 5.82 Å². The Hall–Kier alpha value is -1.69. The number of aromatic nitrogens is 2. The molecule has 1 heterocycles. The third-order valence-corrected chi connectivity index (χ3v) is 2.84. The van der Waals surface area contributed by atoms with Crippen LogP contribution in [0.2, 0.25) is 0 Å². The SMILES string of the molecule is CN(c1ccccc1F)c1nc(N)ncc1Br. The first kappa shape index (κ1) is 11.8. The number of hydrogen-bond acceptors (Lipinski definition) is 4. The van der Waals surface area contributed by atoms with Crippen molar-refractivity contribution < 1.29 is 4.39 Å². The van der Waals surface area contributed by atoms with Gasteiger partial charge in [0.2, 0.25) is 5.95 Å².